The molecular formula is C31H62O2. The molecule has 0 spiro atoms. The molecule has 33 heavy (non-hydrogen) atoms. The molecule has 0 N–H and O–H groups in total. The Bertz CT molecular complexity index is 392. The number of carbonyl (C=O) groups excluding carboxylic acids is 1. The Hall–Kier alpha value is -0.530. The van der Waals surface area contributed by atoms with E-state index >= 15 is 0 Å². The third-order valence-corrected chi connectivity index (χ3v) is 7.29. The Morgan fingerprint density at radius 2 is 0.879 bits per heavy atom. The zero-order valence-corrected chi connectivity index (χ0v) is 23.4. The Morgan fingerprint density at radius 1 is 0.515 bits per heavy atom. The van der Waals surface area contributed by atoms with Crippen LogP contribution in [0.2, 0.25) is 0 Å². The molecule has 0 fully saturated rings. The molecule has 2 atom stereocenters. The quantitative estimate of drug-likeness (QED) is 0.0935. The second-order valence-corrected chi connectivity index (χ2v) is 10.8. The molecule has 0 aromatic heterocycles. The van der Waals surface area contributed by atoms with Crippen molar-refractivity contribution in [1.82, 2.24) is 0 Å². The summed E-state index contributed by atoms with van der Waals surface area (Å²) in [5.74, 6) is 0.666. The van der Waals surface area contributed by atoms with Crippen molar-refractivity contribution < 1.29 is 9.53 Å². The van der Waals surface area contributed by atoms with Crippen molar-refractivity contribution >= 4 is 5.97 Å². The number of ether oxygens (including phenoxy) is 1. The van der Waals surface area contributed by atoms with Crippen LogP contribution in [0.25, 0.3) is 0 Å². The minimum absolute atomic E-state index is 0.0334. The van der Waals surface area contributed by atoms with Gasteiger partial charge in [-0.25, -0.2) is 0 Å². The van der Waals surface area contributed by atoms with E-state index in [9.17, 15) is 4.79 Å². The second-order valence-electron chi connectivity index (χ2n) is 10.8. The first kappa shape index (κ1) is 32.5. The molecule has 0 heterocycles. The number of esters is 1. The van der Waals surface area contributed by atoms with Crippen LogP contribution in [0.1, 0.15) is 175 Å². The summed E-state index contributed by atoms with van der Waals surface area (Å²) in [6, 6.07) is 0. The summed E-state index contributed by atoms with van der Waals surface area (Å²) in [5.41, 5.74) is 0. The van der Waals surface area contributed by atoms with Crippen LogP contribution in [0.15, 0.2) is 0 Å². The molecule has 0 aliphatic heterocycles. The van der Waals surface area contributed by atoms with Gasteiger partial charge in [-0.05, 0) is 25.2 Å². The van der Waals surface area contributed by atoms with E-state index in [0.717, 1.165) is 19.3 Å². The molecule has 0 aliphatic rings. The van der Waals surface area contributed by atoms with E-state index in [1.807, 2.05) is 6.92 Å². The van der Waals surface area contributed by atoms with Gasteiger partial charge in [-0.2, -0.15) is 0 Å². The standard InChI is InChI=1S/C31H62O2/c1-5-8-11-13-15-16-17-18-19-20-22-24-27-30(26-23-21-14-12-9-6-2)28-33-31(32)29(4)25-10-7-3/h29-30H,5-28H2,1-4H3. The van der Waals surface area contributed by atoms with Crippen molar-refractivity contribution in [3.8, 4) is 0 Å². The van der Waals surface area contributed by atoms with Gasteiger partial charge in [-0.3, -0.25) is 4.79 Å². The summed E-state index contributed by atoms with van der Waals surface area (Å²) in [4.78, 5) is 12.4. The average Bonchev–Trinajstić information content (AvgIpc) is 2.82. The van der Waals surface area contributed by atoms with Gasteiger partial charge < -0.3 is 4.74 Å². The van der Waals surface area contributed by atoms with Gasteiger partial charge in [0.25, 0.3) is 0 Å². The first-order valence-corrected chi connectivity index (χ1v) is 15.3. The molecule has 0 radical (unpaired) electrons. The minimum Gasteiger partial charge on any atom is -0.465 e. The van der Waals surface area contributed by atoms with E-state index in [2.05, 4.69) is 20.8 Å². The molecule has 0 rings (SSSR count). The first-order chi connectivity index (χ1) is 16.2. The summed E-state index contributed by atoms with van der Waals surface area (Å²) >= 11 is 0. The van der Waals surface area contributed by atoms with Gasteiger partial charge in [0.05, 0.1) is 12.5 Å². The molecule has 0 aliphatic carbocycles. The number of rotatable bonds is 26. The highest BCUT2D eigenvalue weighted by molar-refractivity contribution is 5.71. The van der Waals surface area contributed by atoms with Crippen molar-refractivity contribution in [2.24, 2.45) is 11.8 Å². The maximum atomic E-state index is 12.4. The van der Waals surface area contributed by atoms with Crippen LogP contribution in [-0.2, 0) is 9.53 Å². The largest absolute Gasteiger partial charge is 0.465 e. The fourth-order valence-corrected chi connectivity index (χ4v) is 4.77. The first-order valence-electron chi connectivity index (χ1n) is 15.3. The predicted molar refractivity (Wildman–Crippen MR) is 147 cm³/mol. The van der Waals surface area contributed by atoms with Gasteiger partial charge >= 0.3 is 5.97 Å². The Balaban J connectivity index is 3.98. The van der Waals surface area contributed by atoms with Crippen molar-refractivity contribution in [3.05, 3.63) is 0 Å². The highest BCUT2D eigenvalue weighted by atomic mass is 16.5. The van der Waals surface area contributed by atoms with Gasteiger partial charge in [-0.15, -0.1) is 0 Å². The van der Waals surface area contributed by atoms with Crippen molar-refractivity contribution in [1.29, 1.82) is 0 Å². The van der Waals surface area contributed by atoms with Gasteiger partial charge in [0, 0.05) is 0 Å². The normalized spacial score (nSPS) is 13.2. The van der Waals surface area contributed by atoms with E-state index in [4.69, 9.17) is 4.74 Å². The Morgan fingerprint density at radius 3 is 1.27 bits per heavy atom. The average molecular weight is 467 g/mol. The van der Waals surface area contributed by atoms with Gasteiger partial charge in [0.15, 0.2) is 0 Å². The number of unbranched alkanes of at least 4 members (excludes halogenated alkanes) is 17. The lowest BCUT2D eigenvalue weighted by molar-refractivity contribution is -0.149. The van der Waals surface area contributed by atoms with Crippen molar-refractivity contribution in [2.75, 3.05) is 6.61 Å². The van der Waals surface area contributed by atoms with Crippen molar-refractivity contribution in [2.45, 2.75) is 175 Å². The van der Waals surface area contributed by atoms with E-state index in [1.54, 1.807) is 0 Å². The van der Waals surface area contributed by atoms with Gasteiger partial charge in [0.1, 0.15) is 0 Å². The molecular weight excluding hydrogens is 404 g/mol. The number of hydrogen-bond acceptors (Lipinski definition) is 2. The van der Waals surface area contributed by atoms with Gasteiger partial charge in [-0.1, -0.05) is 156 Å². The van der Waals surface area contributed by atoms with Crippen LogP contribution in [0.4, 0.5) is 0 Å². The van der Waals surface area contributed by atoms with Crippen LogP contribution in [0, 0.1) is 11.8 Å². The summed E-state index contributed by atoms with van der Waals surface area (Å²) in [7, 11) is 0. The molecule has 2 nitrogen and oxygen atoms in total. The van der Waals surface area contributed by atoms with Crippen LogP contribution in [0.3, 0.4) is 0 Å². The predicted octanol–water partition coefficient (Wildman–Crippen LogP) is 10.8. The summed E-state index contributed by atoms with van der Waals surface area (Å²) in [6.45, 7) is 9.44. The van der Waals surface area contributed by atoms with Crippen LogP contribution in [-0.4, -0.2) is 12.6 Å². The third-order valence-electron chi connectivity index (χ3n) is 7.29. The maximum absolute atomic E-state index is 12.4. The lowest BCUT2D eigenvalue weighted by Crippen LogP contribution is -2.19. The molecule has 0 aromatic rings. The highest BCUT2D eigenvalue weighted by Gasteiger charge is 2.17. The summed E-state index contributed by atoms with van der Waals surface area (Å²) in [6.07, 6.45) is 30.6. The zero-order valence-electron chi connectivity index (χ0n) is 23.4. The molecule has 0 amide bonds. The molecule has 2 unspecified atom stereocenters. The highest BCUT2D eigenvalue weighted by Crippen LogP contribution is 2.21. The van der Waals surface area contributed by atoms with Crippen molar-refractivity contribution in [3.63, 3.8) is 0 Å². The molecule has 198 valence electrons. The smallest absolute Gasteiger partial charge is 0.308 e. The molecule has 0 saturated heterocycles. The van der Waals surface area contributed by atoms with E-state index in [-0.39, 0.29) is 11.9 Å². The van der Waals surface area contributed by atoms with E-state index < -0.39 is 0 Å². The molecule has 0 aromatic carbocycles. The van der Waals surface area contributed by atoms with Crippen LogP contribution < -0.4 is 0 Å². The molecule has 2 heteroatoms. The van der Waals surface area contributed by atoms with Gasteiger partial charge in [0.2, 0.25) is 0 Å². The topological polar surface area (TPSA) is 26.3 Å². The van der Waals surface area contributed by atoms with E-state index in [0.29, 0.717) is 12.5 Å². The number of carbonyl (C=O) groups is 1. The SMILES string of the molecule is CCCCCCCCCCCCCCC(CCCCCCCC)COC(=O)C(C)CCCC. The van der Waals surface area contributed by atoms with Crippen LogP contribution >= 0.6 is 0 Å². The maximum Gasteiger partial charge on any atom is 0.308 e. The lowest BCUT2D eigenvalue weighted by atomic mass is 9.94. The summed E-state index contributed by atoms with van der Waals surface area (Å²) < 4.78 is 5.78. The van der Waals surface area contributed by atoms with Crippen LogP contribution in [0.5, 0.6) is 0 Å². The fraction of sp³-hybridized carbons (Fsp3) is 0.968. The second kappa shape index (κ2) is 26.1. The Labute approximate surface area is 209 Å². The summed E-state index contributed by atoms with van der Waals surface area (Å²) in [5, 5.41) is 0. The third kappa shape index (κ3) is 23.0. The molecule has 0 bridgehead atoms. The van der Waals surface area contributed by atoms with E-state index in [1.165, 1.54) is 128 Å². The lowest BCUT2D eigenvalue weighted by Gasteiger charge is -2.19. The number of hydrogen-bond donors (Lipinski definition) is 0. The molecule has 0 saturated carbocycles. The zero-order chi connectivity index (χ0) is 24.4. The fourth-order valence-electron chi connectivity index (χ4n) is 4.77. The monoisotopic (exact) mass is 466 g/mol. The minimum atomic E-state index is 0.0334. The Kier molecular flexibility index (Phi) is 25.7.